The minimum absolute atomic E-state index is 0.0525. The van der Waals surface area contributed by atoms with Crippen LogP contribution < -0.4 is 15.8 Å². The van der Waals surface area contributed by atoms with Gasteiger partial charge in [-0.3, -0.25) is 9.59 Å². The summed E-state index contributed by atoms with van der Waals surface area (Å²) in [5, 5.41) is 2.89. The third-order valence-electron chi connectivity index (χ3n) is 2.86. The van der Waals surface area contributed by atoms with Gasteiger partial charge in [0.15, 0.2) is 6.61 Å². The summed E-state index contributed by atoms with van der Waals surface area (Å²) in [4.78, 5) is 22.8. The van der Waals surface area contributed by atoms with E-state index in [4.69, 9.17) is 10.5 Å². The molecule has 3 N–H and O–H groups in total. The molecule has 1 atom stereocenters. The highest BCUT2D eigenvalue weighted by atomic mass is 16.5. The Balaban J connectivity index is 2.81. The van der Waals surface area contributed by atoms with Gasteiger partial charge in [-0.25, -0.2) is 0 Å². The van der Waals surface area contributed by atoms with Crippen LogP contribution in [0, 0.1) is 5.92 Å². The first-order chi connectivity index (χ1) is 8.91. The molecule has 104 valence electrons. The number of ether oxygens (including phenoxy) is 1. The summed E-state index contributed by atoms with van der Waals surface area (Å²) in [5.74, 6) is -0.107. The molecule has 5 heteroatoms. The lowest BCUT2D eigenvalue weighted by molar-refractivity contribution is -0.119. The molecular formula is C14H20N2O3. The number of benzene rings is 1. The van der Waals surface area contributed by atoms with Crippen molar-refractivity contribution in [3.63, 3.8) is 0 Å². The van der Waals surface area contributed by atoms with Crippen molar-refractivity contribution in [2.24, 2.45) is 11.7 Å². The Hall–Kier alpha value is -2.04. The van der Waals surface area contributed by atoms with Crippen LogP contribution in [0.4, 0.5) is 0 Å². The van der Waals surface area contributed by atoms with Gasteiger partial charge in [-0.2, -0.15) is 0 Å². The molecule has 0 bridgehead atoms. The fourth-order valence-electron chi connectivity index (χ4n) is 1.38. The fourth-order valence-corrected chi connectivity index (χ4v) is 1.38. The number of amides is 2. The first-order valence-corrected chi connectivity index (χ1v) is 6.22. The van der Waals surface area contributed by atoms with Crippen LogP contribution in [0.15, 0.2) is 24.3 Å². The molecular weight excluding hydrogens is 244 g/mol. The summed E-state index contributed by atoms with van der Waals surface area (Å²) >= 11 is 0. The van der Waals surface area contributed by atoms with Crippen molar-refractivity contribution < 1.29 is 14.3 Å². The molecule has 19 heavy (non-hydrogen) atoms. The average Bonchev–Trinajstić information content (AvgIpc) is 2.36. The van der Waals surface area contributed by atoms with Crippen LogP contribution in [0.2, 0.25) is 0 Å². The SMILES string of the molecule is CC(C)C(C)NC(=O)c1ccccc1OCC(N)=O. The molecule has 1 aromatic rings. The minimum Gasteiger partial charge on any atom is -0.483 e. The van der Waals surface area contributed by atoms with Crippen LogP contribution in [0.1, 0.15) is 31.1 Å². The summed E-state index contributed by atoms with van der Waals surface area (Å²) in [5.41, 5.74) is 5.42. The van der Waals surface area contributed by atoms with E-state index < -0.39 is 5.91 Å². The number of carbonyl (C=O) groups is 2. The highest BCUT2D eigenvalue weighted by Gasteiger charge is 2.16. The number of rotatable bonds is 6. The van der Waals surface area contributed by atoms with Gasteiger partial charge in [-0.15, -0.1) is 0 Å². The van der Waals surface area contributed by atoms with E-state index in [9.17, 15) is 9.59 Å². The fraction of sp³-hybridized carbons (Fsp3) is 0.429. The molecule has 0 fully saturated rings. The van der Waals surface area contributed by atoms with E-state index >= 15 is 0 Å². The quantitative estimate of drug-likeness (QED) is 0.813. The van der Waals surface area contributed by atoms with Crippen LogP contribution in [-0.2, 0) is 4.79 Å². The van der Waals surface area contributed by atoms with Gasteiger partial charge in [0.05, 0.1) is 5.56 Å². The zero-order valence-corrected chi connectivity index (χ0v) is 11.5. The van der Waals surface area contributed by atoms with Crippen molar-refractivity contribution in [1.82, 2.24) is 5.32 Å². The number of nitrogens with one attached hydrogen (secondary N) is 1. The molecule has 1 unspecified atom stereocenters. The molecule has 0 aliphatic rings. The highest BCUT2D eigenvalue weighted by molar-refractivity contribution is 5.97. The maximum atomic E-state index is 12.1. The van der Waals surface area contributed by atoms with Gasteiger partial charge in [0.25, 0.3) is 11.8 Å². The Labute approximate surface area is 113 Å². The molecule has 0 aromatic heterocycles. The summed E-state index contributed by atoms with van der Waals surface area (Å²) in [7, 11) is 0. The van der Waals surface area contributed by atoms with Gasteiger partial charge >= 0.3 is 0 Å². The van der Waals surface area contributed by atoms with Crippen LogP contribution in [-0.4, -0.2) is 24.5 Å². The predicted molar refractivity (Wildman–Crippen MR) is 72.9 cm³/mol. The molecule has 0 aliphatic carbocycles. The summed E-state index contributed by atoms with van der Waals surface area (Å²) < 4.78 is 5.23. The van der Waals surface area contributed by atoms with Crippen molar-refractivity contribution >= 4 is 11.8 Å². The average molecular weight is 264 g/mol. The highest BCUT2D eigenvalue weighted by Crippen LogP contribution is 2.18. The largest absolute Gasteiger partial charge is 0.483 e. The maximum Gasteiger partial charge on any atom is 0.255 e. The van der Waals surface area contributed by atoms with E-state index in [0.717, 1.165) is 0 Å². The first kappa shape index (κ1) is 15.0. The normalized spacial score (nSPS) is 12.0. The Morgan fingerprint density at radius 2 is 1.89 bits per heavy atom. The van der Waals surface area contributed by atoms with E-state index in [-0.39, 0.29) is 18.6 Å². The van der Waals surface area contributed by atoms with E-state index in [2.05, 4.69) is 5.32 Å². The lowest BCUT2D eigenvalue weighted by Gasteiger charge is -2.18. The van der Waals surface area contributed by atoms with Crippen LogP contribution in [0.5, 0.6) is 5.75 Å². The second kappa shape index (κ2) is 6.78. The van der Waals surface area contributed by atoms with E-state index in [1.807, 2.05) is 20.8 Å². The lowest BCUT2D eigenvalue weighted by Crippen LogP contribution is -2.36. The Morgan fingerprint density at radius 3 is 2.47 bits per heavy atom. The Kier molecular flexibility index (Phi) is 5.36. The number of para-hydroxylation sites is 1. The summed E-state index contributed by atoms with van der Waals surface area (Å²) in [6, 6.07) is 6.82. The molecule has 0 saturated heterocycles. The van der Waals surface area contributed by atoms with Crippen LogP contribution in [0.3, 0.4) is 0 Å². The third-order valence-corrected chi connectivity index (χ3v) is 2.86. The van der Waals surface area contributed by atoms with Gasteiger partial charge in [0, 0.05) is 6.04 Å². The topological polar surface area (TPSA) is 81.4 Å². The monoisotopic (exact) mass is 264 g/mol. The van der Waals surface area contributed by atoms with Crippen molar-refractivity contribution in [3.8, 4) is 5.75 Å². The standard InChI is InChI=1S/C14H20N2O3/c1-9(2)10(3)16-14(18)11-6-4-5-7-12(11)19-8-13(15)17/h4-7,9-10H,8H2,1-3H3,(H2,15,17)(H,16,18). The summed E-state index contributed by atoms with van der Waals surface area (Å²) in [6.07, 6.45) is 0. The molecule has 0 spiro atoms. The number of hydrogen-bond acceptors (Lipinski definition) is 3. The van der Waals surface area contributed by atoms with Gasteiger partial charge < -0.3 is 15.8 Å². The van der Waals surface area contributed by atoms with Gasteiger partial charge in [0.1, 0.15) is 5.75 Å². The zero-order valence-electron chi connectivity index (χ0n) is 11.5. The second-order valence-electron chi connectivity index (χ2n) is 4.76. The first-order valence-electron chi connectivity index (χ1n) is 6.22. The van der Waals surface area contributed by atoms with Crippen molar-refractivity contribution in [1.29, 1.82) is 0 Å². The number of primary amides is 1. The molecule has 2 amide bonds. The van der Waals surface area contributed by atoms with Crippen LogP contribution in [0.25, 0.3) is 0 Å². The van der Waals surface area contributed by atoms with Gasteiger partial charge in [-0.05, 0) is 25.0 Å². The van der Waals surface area contributed by atoms with Crippen LogP contribution >= 0.6 is 0 Å². The third kappa shape index (κ3) is 4.62. The smallest absolute Gasteiger partial charge is 0.255 e. The molecule has 1 rings (SSSR count). The minimum atomic E-state index is -0.578. The van der Waals surface area contributed by atoms with E-state index in [1.165, 1.54) is 0 Å². The summed E-state index contributed by atoms with van der Waals surface area (Å²) in [6.45, 7) is 5.75. The molecule has 0 heterocycles. The second-order valence-corrected chi connectivity index (χ2v) is 4.76. The van der Waals surface area contributed by atoms with Crippen molar-refractivity contribution in [2.75, 3.05) is 6.61 Å². The molecule has 1 aromatic carbocycles. The van der Waals surface area contributed by atoms with Crippen molar-refractivity contribution in [2.45, 2.75) is 26.8 Å². The Bertz CT molecular complexity index is 458. The van der Waals surface area contributed by atoms with Gasteiger partial charge in [-0.1, -0.05) is 26.0 Å². The number of hydrogen-bond donors (Lipinski definition) is 2. The zero-order chi connectivity index (χ0) is 14.4. The maximum absolute atomic E-state index is 12.1. The number of carbonyl (C=O) groups excluding carboxylic acids is 2. The number of nitrogens with two attached hydrogens (primary N) is 1. The predicted octanol–water partition coefficient (Wildman–Crippen LogP) is 1.32. The lowest BCUT2D eigenvalue weighted by atomic mass is 10.1. The molecule has 0 radical (unpaired) electrons. The van der Waals surface area contributed by atoms with E-state index in [1.54, 1.807) is 24.3 Å². The van der Waals surface area contributed by atoms with Gasteiger partial charge in [0.2, 0.25) is 0 Å². The molecule has 0 aliphatic heterocycles. The van der Waals surface area contributed by atoms with E-state index in [0.29, 0.717) is 17.2 Å². The Morgan fingerprint density at radius 1 is 1.26 bits per heavy atom. The molecule has 5 nitrogen and oxygen atoms in total. The molecule has 0 saturated carbocycles. The van der Waals surface area contributed by atoms with Crippen molar-refractivity contribution in [3.05, 3.63) is 29.8 Å².